The fourth-order valence-corrected chi connectivity index (χ4v) is 2.21. The van der Waals surface area contributed by atoms with E-state index in [1.807, 2.05) is 6.92 Å². The lowest BCUT2D eigenvalue weighted by molar-refractivity contribution is -0.147. The van der Waals surface area contributed by atoms with E-state index >= 15 is 0 Å². The maximum absolute atomic E-state index is 13.6. The summed E-state index contributed by atoms with van der Waals surface area (Å²) >= 11 is 3.08. The van der Waals surface area contributed by atoms with Gasteiger partial charge in [-0.2, -0.15) is 0 Å². The molecule has 0 radical (unpaired) electrons. The molecule has 6 nitrogen and oxygen atoms in total. The van der Waals surface area contributed by atoms with Gasteiger partial charge in [0.2, 0.25) is 0 Å². The number of hydrogen-bond donors (Lipinski definition) is 1. The Morgan fingerprint density at radius 3 is 2.54 bits per heavy atom. The normalized spacial score (nSPS) is 12.9. The number of ether oxygens (including phenoxy) is 2. The maximum atomic E-state index is 13.6. The number of rotatable bonds is 7. The quantitative estimate of drug-likeness (QED) is 0.707. The van der Waals surface area contributed by atoms with Crippen molar-refractivity contribution in [2.75, 3.05) is 13.7 Å². The van der Waals surface area contributed by atoms with Crippen LogP contribution in [-0.4, -0.2) is 37.6 Å². The van der Waals surface area contributed by atoms with E-state index in [1.54, 1.807) is 6.92 Å². The average Bonchev–Trinajstić information content (AvgIpc) is 2.56. The minimum Gasteiger partial charge on any atom is -0.467 e. The monoisotopic (exact) mass is 403 g/mol. The van der Waals surface area contributed by atoms with Gasteiger partial charge in [-0.15, -0.1) is 0 Å². The van der Waals surface area contributed by atoms with Crippen molar-refractivity contribution in [1.29, 1.82) is 0 Å². The van der Waals surface area contributed by atoms with Crippen LogP contribution >= 0.6 is 15.9 Å². The molecule has 0 spiro atoms. The number of carbonyl (C=O) groups is 3. The van der Waals surface area contributed by atoms with Crippen LogP contribution in [0.1, 0.15) is 30.6 Å². The molecule has 0 bridgehead atoms. The Morgan fingerprint density at radius 2 is 2.00 bits per heavy atom. The Kier molecular flexibility index (Phi) is 7.84. The molecule has 0 fully saturated rings. The third-order valence-corrected chi connectivity index (χ3v) is 3.96. The van der Waals surface area contributed by atoms with E-state index in [0.717, 1.165) is 6.07 Å². The first-order valence-electron chi connectivity index (χ1n) is 7.29. The maximum Gasteiger partial charge on any atom is 0.341 e. The fourth-order valence-electron chi connectivity index (χ4n) is 1.88. The highest BCUT2D eigenvalue weighted by Crippen LogP contribution is 2.16. The molecule has 0 aliphatic rings. The molecular formula is C16H19BrFNO5. The van der Waals surface area contributed by atoms with Gasteiger partial charge >= 0.3 is 11.9 Å². The Bertz CT molecular complexity index is 622. The van der Waals surface area contributed by atoms with E-state index in [-0.39, 0.29) is 11.5 Å². The standard InChI is InChI=1S/C16H19BrFNO5/c1-4-9(2)14(16(22)23-3)19-13(20)8-24-15(21)11-6-5-10(17)7-12(11)18/h5-7,9,14H,4,8H2,1-3H3,(H,19,20)/t9-,14+/m0/s1. The number of methoxy groups -OCH3 is 1. The fraction of sp³-hybridized carbons (Fsp3) is 0.438. The van der Waals surface area contributed by atoms with Crippen LogP contribution in [-0.2, 0) is 19.1 Å². The molecule has 132 valence electrons. The summed E-state index contributed by atoms with van der Waals surface area (Å²) < 4.78 is 23.5. The SMILES string of the molecule is CC[C@H](C)[C@@H](NC(=O)COC(=O)c1ccc(Br)cc1F)C(=O)OC. The van der Waals surface area contributed by atoms with Crippen LogP contribution in [0.5, 0.6) is 0 Å². The van der Waals surface area contributed by atoms with Crippen LogP contribution < -0.4 is 5.32 Å². The van der Waals surface area contributed by atoms with E-state index in [1.165, 1.54) is 19.2 Å². The van der Waals surface area contributed by atoms with Crippen molar-refractivity contribution in [3.8, 4) is 0 Å². The summed E-state index contributed by atoms with van der Waals surface area (Å²) in [5.74, 6) is -3.13. The minimum absolute atomic E-state index is 0.152. The zero-order chi connectivity index (χ0) is 18.3. The van der Waals surface area contributed by atoms with E-state index in [9.17, 15) is 18.8 Å². The van der Waals surface area contributed by atoms with Crippen LogP contribution in [0.2, 0.25) is 0 Å². The van der Waals surface area contributed by atoms with Gasteiger partial charge in [-0.1, -0.05) is 36.2 Å². The summed E-state index contributed by atoms with van der Waals surface area (Å²) in [7, 11) is 1.22. The molecule has 1 N–H and O–H groups in total. The second-order valence-corrected chi connectivity index (χ2v) is 6.07. The number of esters is 2. The number of amides is 1. The molecule has 0 saturated heterocycles. The molecule has 1 rings (SSSR count). The molecule has 0 aromatic heterocycles. The lowest BCUT2D eigenvalue weighted by Gasteiger charge is -2.21. The van der Waals surface area contributed by atoms with Crippen LogP contribution in [0.4, 0.5) is 4.39 Å². The van der Waals surface area contributed by atoms with Gasteiger partial charge in [0.1, 0.15) is 11.9 Å². The van der Waals surface area contributed by atoms with Crippen molar-refractivity contribution < 1.29 is 28.2 Å². The predicted molar refractivity (Wildman–Crippen MR) is 87.8 cm³/mol. The lowest BCUT2D eigenvalue weighted by atomic mass is 9.99. The van der Waals surface area contributed by atoms with Crippen LogP contribution in [0.15, 0.2) is 22.7 Å². The number of carbonyl (C=O) groups excluding carboxylic acids is 3. The summed E-state index contributed by atoms with van der Waals surface area (Å²) in [6, 6.07) is 3.01. The summed E-state index contributed by atoms with van der Waals surface area (Å²) in [5, 5.41) is 2.46. The summed E-state index contributed by atoms with van der Waals surface area (Å²) in [6.07, 6.45) is 0.643. The molecule has 2 atom stereocenters. The Labute approximate surface area is 147 Å². The van der Waals surface area contributed by atoms with E-state index in [4.69, 9.17) is 4.74 Å². The molecule has 0 saturated carbocycles. The highest BCUT2D eigenvalue weighted by atomic mass is 79.9. The minimum atomic E-state index is -0.965. The molecule has 1 aromatic rings. The van der Waals surface area contributed by atoms with Crippen LogP contribution in [0.25, 0.3) is 0 Å². The second-order valence-electron chi connectivity index (χ2n) is 5.15. The van der Waals surface area contributed by atoms with E-state index < -0.39 is 36.3 Å². The van der Waals surface area contributed by atoms with Crippen molar-refractivity contribution in [3.05, 3.63) is 34.1 Å². The summed E-state index contributed by atoms with van der Waals surface area (Å²) in [5.41, 5.74) is -0.280. The molecular weight excluding hydrogens is 385 g/mol. The van der Waals surface area contributed by atoms with Gasteiger partial charge in [-0.25, -0.2) is 14.0 Å². The molecule has 0 unspecified atom stereocenters. The first-order chi connectivity index (χ1) is 11.3. The smallest absolute Gasteiger partial charge is 0.341 e. The van der Waals surface area contributed by atoms with Crippen molar-refractivity contribution in [2.24, 2.45) is 5.92 Å². The van der Waals surface area contributed by atoms with Gasteiger partial charge in [0.05, 0.1) is 12.7 Å². The predicted octanol–water partition coefficient (Wildman–Crippen LogP) is 2.45. The van der Waals surface area contributed by atoms with Gasteiger partial charge in [0.15, 0.2) is 6.61 Å². The van der Waals surface area contributed by atoms with Gasteiger partial charge in [0.25, 0.3) is 5.91 Å². The molecule has 0 heterocycles. The Hall–Kier alpha value is -1.96. The average molecular weight is 404 g/mol. The zero-order valence-corrected chi connectivity index (χ0v) is 15.2. The molecule has 24 heavy (non-hydrogen) atoms. The van der Waals surface area contributed by atoms with Crippen LogP contribution in [0, 0.1) is 11.7 Å². The molecule has 1 amide bonds. The van der Waals surface area contributed by atoms with Crippen LogP contribution in [0.3, 0.4) is 0 Å². The molecule has 0 aliphatic carbocycles. The largest absolute Gasteiger partial charge is 0.467 e. The number of nitrogens with one attached hydrogen (secondary N) is 1. The van der Waals surface area contributed by atoms with E-state index in [2.05, 4.69) is 26.0 Å². The third kappa shape index (κ3) is 5.59. The Morgan fingerprint density at radius 1 is 1.33 bits per heavy atom. The van der Waals surface area contributed by atoms with Gasteiger partial charge in [-0.3, -0.25) is 4.79 Å². The number of benzene rings is 1. The van der Waals surface area contributed by atoms with E-state index in [0.29, 0.717) is 10.9 Å². The van der Waals surface area contributed by atoms with Crippen molar-refractivity contribution in [1.82, 2.24) is 5.32 Å². The molecule has 0 aliphatic heterocycles. The molecule has 1 aromatic carbocycles. The second kappa shape index (κ2) is 9.36. The molecule has 8 heteroatoms. The van der Waals surface area contributed by atoms with Crippen molar-refractivity contribution in [3.63, 3.8) is 0 Å². The number of halogens is 2. The summed E-state index contributed by atoms with van der Waals surface area (Å²) in [4.78, 5) is 35.4. The lowest BCUT2D eigenvalue weighted by Crippen LogP contribution is -2.47. The first kappa shape index (κ1) is 20.1. The summed E-state index contributed by atoms with van der Waals surface area (Å²) in [6.45, 7) is 3.02. The Balaban J connectivity index is 2.64. The first-order valence-corrected chi connectivity index (χ1v) is 8.08. The number of hydrogen-bond acceptors (Lipinski definition) is 5. The van der Waals surface area contributed by atoms with Gasteiger partial charge < -0.3 is 14.8 Å². The van der Waals surface area contributed by atoms with Gasteiger partial charge in [0, 0.05) is 4.47 Å². The van der Waals surface area contributed by atoms with Crippen molar-refractivity contribution >= 4 is 33.8 Å². The zero-order valence-electron chi connectivity index (χ0n) is 13.6. The highest BCUT2D eigenvalue weighted by molar-refractivity contribution is 9.10. The van der Waals surface area contributed by atoms with Gasteiger partial charge in [-0.05, 0) is 24.1 Å². The third-order valence-electron chi connectivity index (χ3n) is 3.47. The topological polar surface area (TPSA) is 81.7 Å². The highest BCUT2D eigenvalue weighted by Gasteiger charge is 2.27. The van der Waals surface area contributed by atoms with Crippen molar-refractivity contribution in [2.45, 2.75) is 26.3 Å².